The zero-order valence-electron chi connectivity index (χ0n) is 18.3. The van der Waals surface area contributed by atoms with Crippen LogP contribution in [0.4, 0.5) is 0 Å². The van der Waals surface area contributed by atoms with E-state index in [4.69, 9.17) is 42.3 Å². The van der Waals surface area contributed by atoms with Crippen LogP contribution in [0.3, 0.4) is 0 Å². The molecule has 0 N–H and O–H groups in total. The SMILES string of the molecule is COc1ccc(COc2cc(Oc3c(C=O)c(C(=O)N(C)OC)nn3C)c(Cl)cc2Cl)cc1. The summed E-state index contributed by atoms with van der Waals surface area (Å²) in [5.74, 6) is 0.614. The smallest absolute Gasteiger partial charge is 0.298 e. The fourth-order valence-electron chi connectivity index (χ4n) is 2.83. The number of halogens is 2. The first-order chi connectivity index (χ1) is 15.8. The second-order valence-electron chi connectivity index (χ2n) is 6.75. The molecule has 1 heterocycles. The first kappa shape index (κ1) is 24.4. The third kappa shape index (κ3) is 5.39. The Bertz CT molecular complexity index is 1160. The van der Waals surface area contributed by atoms with Crippen LogP contribution in [0.2, 0.25) is 10.0 Å². The molecular formula is C22H21Cl2N3O6. The van der Waals surface area contributed by atoms with E-state index >= 15 is 0 Å². The van der Waals surface area contributed by atoms with Crippen molar-refractivity contribution in [1.29, 1.82) is 0 Å². The maximum Gasteiger partial charge on any atom is 0.298 e. The summed E-state index contributed by atoms with van der Waals surface area (Å²) in [6.45, 7) is 0.234. The minimum atomic E-state index is -0.615. The average molecular weight is 494 g/mol. The van der Waals surface area contributed by atoms with Crippen molar-refractivity contribution in [3.63, 3.8) is 0 Å². The molecule has 33 heavy (non-hydrogen) atoms. The summed E-state index contributed by atoms with van der Waals surface area (Å²) in [5.41, 5.74) is 0.704. The molecule has 0 atom stereocenters. The number of aryl methyl sites for hydroxylation is 1. The number of ether oxygens (including phenoxy) is 3. The van der Waals surface area contributed by atoms with Gasteiger partial charge in [0.05, 0.1) is 24.3 Å². The lowest BCUT2D eigenvalue weighted by atomic mass is 10.2. The Morgan fingerprint density at radius 3 is 2.39 bits per heavy atom. The van der Waals surface area contributed by atoms with Crippen molar-refractivity contribution in [2.75, 3.05) is 21.3 Å². The third-order valence-corrected chi connectivity index (χ3v) is 5.25. The van der Waals surface area contributed by atoms with E-state index in [1.807, 2.05) is 24.3 Å². The average Bonchev–Trinajstić information content (AvgIpc) is 3.14. The van der Waals surface area contributed by atoms with Crippen LogP contribution in [0.25, 0.3) is 0 Å². The third-order valence-electron chi connectivity index (χ3n) is 4.66. The van der Waals surface area contributed by atoms with Crippen LogP contribution in [-0.4, -0.2) is 48.3 Å². The Morgan fingerprint density at radius 2 is 1.79 bits per heavy atom. The number of methoxy groups -OCH3 is 1. The number of hydroxylamine groups is 2. The zero-order valence-corrected chi connectivity index (χ0v) is 19.8. The maximum atomic E-state index is 12.4. The van der Waals surface area contributed by atoms with Gasteiger partial charge in [-0.1, -0.05) is 35.3 Å². The highest BCUT2D eigenvalue weighted by molar-refractivity contribution is 6.36. The molecule has 3 aromatic rings. The molecule has 0 bridgehead atoms. The van der Waals surface area contributed by atoms with Crippen LogP contribution in [0, 0.1) is 0 Å². The van der Waals surface area contributed by atoms with Gasteiger partial charge in [-0.2, -0.15) is 5.10 Å². The molecule has 11 heteroatoms. The molecule has 0 spiro atoms. The molecule has 9 nitrogen and oxygen atoms in total. The normalized spacial score (nSPS) is 10.6. The van der Waals surface area contributed by atoms with Crippen molar-refractivity contribution in [2.24, 2.45) is 7.05 Å². The van der Waals surface area contributed by atoms with E-state index in [1.165, 1.54) is 38.0 Å². The standard InChI is InChI=1S/C22H21Cl2N3O6/c1-26-22(15(11-28)20(25-26)21(29)27(2)31-4)33-19-10-18(16(23)9-17(19)24)32-12-13-5-7-14(30-3)8-6-13/h5-11H,12H2,1-4H3. The molecule has 3 rings (SSSR count). The van der Waals surface area contributed by atoms with Gasteiger partial charge < -0.3 is 14.2 Å². The number of amides is 1. The van der Waals surface area contributed by atoms with E-state index < -0.39 is 5.91 Å². The largest absolute Gasteiger partial charge is 0.497 e. The van der Waals surface area contributed by atoms with Crippen molar-refractivity contribution in [1.82, 2.24) is 14.8 Å². The van der Waals surface area contributed by atoms with Gasteiger partial charge in [-0.25, -0.2) is 9.75 Å². The summed E-state index contributed by atoms with van der Waals surface area (Å²) < 4.78 is 18.1. The molecule has 0 fully saturated rings. The Hall–Kier alpha value is -3.27. The van der Waals surface area contributed by atoms with Crippen molar-refractivity contribution in [3.05, 3.63) is 63.3 Å². The Morgan fingerprint density at radius 1 is 1.12 bits per heavy atom. The topological polar surface area (TPSA) is 92.1 Å². The summed E-state index contributed by atoms with van der Waals surface area (Å²) in [7, 11) is 5.83. The lowest BCUT2D eigenvalue weighted by Gasteiger charge is -2.13. The van der Waals surface area contributed by atoms with Crippen LogP contribution in [0.15, 0.2) is 36.4 Å². The van der Waals surface area contributed by atoms with E-state index in [0.29, 0.717) is 12.0 Å². The fraction of sp³-hybridized carbons (Fsp3) is 0.227. The molecule has 2 aromatic carbocycles. The number of aldehydes is 1. The molecular weight excluding hydrogens is 473 g/mol. The molecule has 0 unspecified atom stereocenters. The van der Waals surface area contributed by atoms with E-state index in [9.17, 15) is 9.59 Å². The van der Waals surface area contributed by atoms with Crippen LogP contribution in [-0.2, 0) is 18.5 Å². The molecule has 1 aromatic heterocycles. The Balaban J connectivity index is 1.87. The molecule has 0 aliphatic heterocycles. The van der Waals surface area contributed by atoms with Crippen molar-refractivity contribution in [3.8, 4) is 23.1 Å². The molecule has 0 aliphatic carbocycles. The van der Waals surface area contributed by atoms with Crippen LogP contribution in [0.1, 0.15) is 26.4 Å². The van der Waals surface area contributed by atoms with Gasteiger partial charge in [0.2, 0.25) is 5.88 Å². The first-order valence-electron chi connectivity index (χ1n) is 9.56. The van der Waals surface area contributed by atoms with E-state index in [2.05, 4.69) is 5.10 Å². The number of rotatable bonds is 9. The molecule has 0 saturated heterocycles. The first-order valence-corrected chi connectivity index (χ1v) is 10.3. The van der Waals surface area contributed by atoms with E-state index in [1.54, 1.807) is 7.11 Å². The quantitative estimate of drug-likeness (QED) is 0.318. The number of benzene rings is 2. The fourth-order valence-corrected chi connectivity index (χ4v) is 3.30. The highest BCUT2D eigenvalue weighted by Gasteiger charge is 2.26. The van der Waals surface area contributed by atoms with Gasteiger partial charge in [0.15, 0.2) is 17.7 Å². The van der Waals surface area contributed by atoms with Crippen LogP contribution >= 0.6 is 23.2 Å². The summed E-state index contributed by atoms with van der Waals surface area (Å²) >= 11 is 12.6. The van der Waals surface area contributed by atoms with Gasteiger partial charge in [0.1, 0.15) is 23.7 Å². The minimum Gasteiger partial charge on any atom is -0.497 e. The monoisotopic (exact) mass is 493 g/mol. The second-order valence-corrected chi connectivity index (χ2v) is 7.56. The number of carbonyl (C=O) groups is 2. The minimum absolute atomic E-state index is 0.0168. The number of nitrogens with zero attached hydrogens (tertiary/aromatic N) is 3. The summed E-state index contributed by atoms with van der Waals surface area (Å²) in [6, 6.07) is 10.3. The molecule has 0 radical (unpaired) electrons. The maximum absolute atomic E-state index is 12.4. The number of aromatic nitrogens is 2. The summed E-state index contributed by atoms with van der Waals surface area (Å²) in [4.78, 5) is 29.1. The van der Waals surface area contributed by atoms with Crippen molar-refractivity contribution < 1.29 is 28.6 Å². The lowest BCUT2D eigenvalue weighted by molar-refractivity contribution is -0.0761. The Labute approximate surface area is 200 Å². The predicted molar refractivity (Wildman–Crippen MR) is 122 cm³/mol. The number of carbonyl (C=O) groups excluding carboxylic acids is 2. The van der Waals surface area contributed by atoms with Crippen molar-refractivity contribution in [2.45, 2.75) is 6.61 Å². The van der Waals surface area contributed by atoms with Crippen LogP contribution < -0.4 is 14.2 Å². The van der Waals surface area contributed by atoms with E-state index in [0.717, 1.165) is 16.4 Å². The summed E-state index contributed by atoms with van der Waals surface area (Å²) in [5, 5.41) is 5.48. The number of hydrogen-bond donors (Lipinski definition) is 0. The van der Waals surface area contributed by atoms with Crippen LogP contribution in [0.5, 0.6) is 23.1 Å². The van der Waals surface area contributed by atoms with Gasteiger partial charge in [-0.15, -0.1) is 0 Å². The molecule has 174 valence electrons. The highest BCUT2D eigenvalue weighted by Crippen LogP contribution is 2.39. The lowest BCUT2D eigenvalue weighted by Crippen LogP contribution is -2.26. The Kier molecular flexibility index (Phi) is 7.80. The van der Waals surface area contributed by atoms with Gasteiger partial charge in [-0.3, -0.25) is 14.4 Å². The second kappa shape index (κ2) is 10.6. The van der Waals surface area contributed by atoms with Gasteiger partial charge in [0.25, 0.3) is 5.91 Å². The van der Waals surface area contributed by atoms with Gasteiger partial charge in [0, 0.05) is 20.2 Å². The number of hydrogen-bond acceptors (Lipinski definition) is 7. The summed E-state index contributed by atoms with van der Waals surface area (Å²) in [6.07, 6.45) is 0.476. The predicted octanol–water partition coefficient (Wildman–Crippen LogP) is 4.55. The molecule has 1 amide bonds. The van der Waals surface area contributed by atoms with E-state index in [-0.39, 0.29) is 39.5 Å². The van der Waals surface area contributed by atoms with Gasteiger partial charge >= 0.3 is 0 Å². The molecule has 0 aliphatic rings. The highest BCUT2D eigenvalue weighted by atomic mass is 35.5. The molecule has 0 saturated carbocycles. The van der Waals surface area contributed by atoms with Crippen molar-refractivity contribution >= 4 is 35.4 Å². The van der Waals surface area contributed by atoms with Gasteiger partial charge in [-0.05, 0) is 23.8 Å². The zero-order chi connectivity index (χ0) is 24.1.